The number of carbonyl (C=O) groups excluding carboxylic acids is 2. The summed E-state index contributed by atoms with van der Waals surface area (Å²) in [5.41, 5.74) is 1.20. The summed E-state index contributed by atoms with van der Waals surface area (Å²) in [7, 11) is 1.53. The van der Waals surface area contributed by atoms with Gasteiger partial charge in [-0.25, -0.2) is 0 Å². The van der Waals surface area contributed by atoms with Crippen molar-refractivity contribution in [3.05, 3.63) is 65.7 Å². The number of methoxy groups -OCH3 is 1. The normalized spacial score (nSPS) is 15.2. The maximum absolute atomic E-state index is 13.1. The zero-order valence-corrected chi connectivity index (χ0v) is 15.0. The Labute approximate surface area is 154 Å². The highest BCUT2D eigenvalue weighted by atomic mass is 16.5. The third kappa shape index (κ3) is 4.04. The number of carbonyl (C=O) groups is 2. The number of para-hydroxylation sites is 1. The van der Waals surface area contributed by atoms with E-state index in [1.807, 2.05) is 41.3 Å². The molecule has 5 nitrogen and oxygen atoms in total. The molecule has 2 aromatic carbocycles. The average molecular weight is 352 g/mol. The lowest BCUT2D eigenvalue weighted by Gasteiger charge is -2.31. The molecule has 1 saturated heterocycles. The van der Waals surface area contributed by atoms with Crippen molar-refractivity contribution in [3.63, 3.8) is 0 Å². The summed E-state index contributed by atoms with van der Waals surface area (Å²) >= 11 is 0. The van der Waals surface area contributed by atoms with Gasteiger partial charge in [0.25, 0.3) is 5.91 Å². The van der Waals surface area contributed by atoms with Gasteiger partial charge >= 0.3 is 0 Å². The first-order chi connectivity index (χ1) is 12.7. The van der Waals surface area contributed by atoms with Crippen molar-refractivity contribution < 1.29 is 14.3 Å². The summed E-state index contributed by atoms with van der Waals surface area (Å²) in [6.07, 6.45) is 3.16. The van der Waals surface area contributed by atoms with Crippen LogP contribution in [-0.4, -0.2) is 36.9 Å². The Balaban J connectivity index is 1.86. The molecule has 0 aliphatic carbocycles. The number of nitrogens with one attached hydrogen (secondary N) is 1. The number of hydrogen-bond acceptors (Lipinski definition) is 3. The zero-order valence-electron chi connectivity index (χ0n) is 15.0. The van der Waals surface area contributed by atoms with Crippen LogP contribution < -0.4 is 10.1 Å². The van der Waals surface area contributed by atoms with E-state index in [1.165, 1.54) is 7.11 Å². The van der Waals surface area contributed by atoms with Gasteiger partial charge in [-0.15, -0.1) is 0 Å². The monoisotopic (exact) mass is 352 g/mol. The molecule has 1 aliphatic heterocycles. The van der Waals surface area contributed by atoms with Gasteiger partial charge in [0, 0.05) is 13.1 Å². The number of benzene rings is 2. The molecule has 2 aromatic rings. The molecule has 0 saturated carbocycles. The van der Waals surface area contributed by atoms with Gasteiger partial charge in [0.2, 0.25) is 5.91 Å². The topological polar surface area (TPSA) is 58.6 Å². The minimum absolute atomic E-state index is 0.0563. The van der Waals surface area contributed by atoms with Gasteiger partial charge in [0.1, 0.15) is 11.8 Å². The van der Waals surface area contributed by atoms with Gasteiger partial charge in [-0.05, 0) is 37.0 Å². The summed E-state index contributed by atoms with van der Waals surface area (Å²) in [6.45, 7) is 1.49. The van der Waals surface area contributed by atoms with Crippen LogP contribution in [0.1, 0.15) is 41.2 Å². The molecule has 3 rings (SSSR count). The van der Waals surface area contributed by atoms with E-state index >= 15 is 0 Å². The lowest BCUT2D eigenvalue weighted by atomic mass is 10.0. The van der Waals surface area contributed by atoms with Crippen LogP contribution in [0, 0.1) is 0 Å². The number of ether oxygens (including phenoxy) is 1. The van der Waals surface area contributed by atoms with E-state index in [4.69, 9.17) is 4.74 Å². The van der Waals surface area contributed by atoms with Crippen LogP contribution in [0.2, 0.25) is 0 Å². The summed E-state index contributed by atoms with van der Waals surface area (Å²) in [4.78, 5) is 27.8. The molecule has 1 fully saturated rings. The van der Waals surface area contributed by atoms with Gasteiger partial charge in [-0.2, -0.15) is 0 Å². The van der Waals surface area contributed by atoms with E-state index in [0.717, 1.165) is 37.9 Å². The SMILES string of the molecule is COc1ccccc1C(=O)N[C@H](C(=O)N1CCCCC1)c1ccccc1. The van der Waals surface area contributed by atoms with Crippen molar-refractivity contribution in [2.45, 2.75) is 25.3 Å². The van der Waals surface area contributed by atoms with E-state index in [-0.39, 0.29) is 11.8 Å². The largest absolute Gasteiger partial charge is 0.496 e. The molecular weight excluding hydrogens is 328 g/mol. The maximum atomic E-state index is 13.1. The fraction of sp³-hybridized carbons (Fsp3) is 0.333. The Bertz CT molecular complexity index is 755. The maximum Gasteiger partial charge on any atom is 0.255 e. The van der Waals surface area contributed by atoms with E-state index in [0.29, 0.717) is 11.3 Å². The highest BCUT2D eigenvalue weighted by Crippen LogP contribution is 2.22. The molecule has 0 aromatic heterocycles. The molecule has 26 heavy (non-hydrogen) atoms. The first-order valence-electron chi connectivity index (χ1n) is 8.98. The second-order valence-corrected chi connectivity index (χ2v) is 6.40. The molecule has 1 atom stereocenters. The number of amides is 2. The first kappa shape index (κ1) is 18.0. The van der Waals surface area contributed by atoms with Gasteiger partial charge in [-0.1, -0.05) is 42.5 Å². The van der Waals surface area contributed by atoms with Crippen LogP contribution in [-0.2, 0) is 4.79 Å². The lowest BCUT2D eigenvalue weighted by molar-refractivity contribution is -0.134. The number of hydrogen-bond donors (Lipinski definition) is 1. The fourth-order valence-electron chi connectivity index (χ4n) is 3.27. The quantitative estimate of drug-likeness (QED) is 0.899. The molecule has 0 unspecified atom stereocenters. The summed E-state index contributed by atoms with van der Waals surface area (Å²) in [6, 6.07) is 15.7. The fourth-order valence-corrected chi connectivity index (χ4v) is 3.27. The highest BCUT2D eigenvalue weighted by molar-refractivity contribution is 5.99. The molecule has 0 bridgehead atoms. The molecule has 2 amide bonds. The summed E-state index contributed by atoms with van der Waals surface area (Å²) in [5.74, 6) is 0.114. The van der Waals surface area contributed by atoms with Crippen LogP contribution >= 0.6 is 0 Å². The van der Waals surface area contributed by atoms with Crippen LogP contribution in [0.4, 0.5) is 0 Å². The smallest absolute Gasteiger partial charge is 0.255 e. The summed E-state index contributed by atoms with van der Waals surface area (Å²) in [5, 5.41) is 2.91. The molecule has 136 valence electrons. The van der Waals surface area contributed by atoms with Crippen molar-refractivity contribution in [2.75, 3.05) is 20.2 Å². The number of nitrogens with zero attached hydrogens (tertiary/aromatic N) is 1. The second-order valence-electron chi connectivity index (χ2n) is 6.40. The third-order valence-electron chi connectivity index (χ3n) is 4.67. The molecule has 1 aliphatic rings. The first-order valence-corrected chi connectivity index (χ1v) is 8.98. The molecule has 0 spiro atoms. The van der Waals surface area contributed by atoms with Crippen molar-refractivity contribution in [1.29, 1.82) is 0 Å². The predicted octanol–water partition coefficient (Wildman–Crippen LogP) is 3.18. The van der Waals surface area contributed by atoms with E-state index in [2.05, 4.69) is 5.32 Å². The number of likely N-dealkylation sites (tertiary alicyclic amines) is 1. The van der Waals surface area contributed by atoms with Gasteiger partial charge in [0.15, 0.2) is 0 Å². The van der Waals surface area contributed by atoms with Gasteiger partial charge < -0.3 is 15.0 Å². The Morgan fingerprint density at radius 2 is 1.62 bits per heavy atom. The average Bonchev–Trinajstić information content (AvgIpc) is 2.72. The Kier molecular flexibility index (Phi) is 5.89. The Morgan fingerprint density at radius 1 is 0.962 bits per heavy atom. The Hall–Kier alpha value is -2.82. The zero-order chi connectivity index (χ0) is 18.4. The van der Waals surface area contributed by atoms with Crippen molar-refractivity contribution in [3.8, 4) is 5.75 Å². The minimum atomic E-state index is -0.702. The predicted molar refractivity (Wildman–Crippen MR) is 100 cm³/mol. The van der Waals surface area contributed by atoms with Crippen molar-refractivity contribution >= 4 is 11.8 Å². The van der Waals surface area contributed by atoms with E-state index in [9.17, 15) is 9.59 Å². The van der Waals surface area contributed by atoms with Crippen molar-refractivity contribution in [2.24, 2.45) is 0 Å². The molecular formula is C21H24N2O3. The summed E-state index contributed by atoms with van der Waals surface area (Å²) < 4.78 is 5.27. The number of rotatable bonds is 5. The van der Waals surface area contributed by atoms with Crippen LogP contribution in [0.25, 0.3) is 0 Å². The third-order valence-corrected chi connectivity index (χ3v) is 4.67. The van der Waals surface area contributed by atoms with Crippen LogP contribution in [0.3, 0.4) is 0 Å². The number of piperidine rings is 1. The second kappa shape index (κ2) is 8.52. The van der Waals surface area contributed by atoms with E-state index < -0.39 is 6.04 Å². The standard InChI is InChI=1S/C21H24N2O3/c1-26-18-13-7-6-12-17(18)20(24)22-19(16-10-4-2-5-11-16)21(25)23-14-8-3-9-15-23/h2,4-7,10-13,19H,3,8-9,14-15H2,1H3,(H,22,24)/t19-/m0/s1. The molecule has 0 radical (unpaired) electrons. The molecule has 1 heterocycles. The van der Waals surface area contributed by atoms with Gasteiger partial charge in [0.05, 0.1) is 12.7 Å². The highest BCUT2D eigenvalue weighted by Gasteiger charge is 2.29. The van der Waals surface area contributed by atoms with E-state index in [1.54, 1.807) is 18.2 Å². The van der Waals surface area contributed by atoms with Gasteiger partial charge in [-0.3, -0.25) is 9.59 Å². The molecule has 1 N–H and O–H groups in total. The van der Waals surface area contributed by atoms with Crippen LogP contribution in [0.15, 0.2) is 54.6 Å². The Morgan fingerprint density at radius 3 is 2.31 bits per heavy atom. The lowest BCUT2D eigenvalue weighted by Crippen LogP contribution is -2.45. The minimum Gasteiger partial charge on any atom is -0.496 e. The molecule has 5 heteroatoms. The van der Waals surface area contributed by atoms with Crippen LogP contribution in [0.5, 0.6) is 5.75 Å². The van der Waals surface area contributed by atoms with Crippen molar-refractivity contribution in [1.82, 2.24) is 10.2 Å².